The van der Waals surface area contributed by atoms with Gasteiger partial charge in [0.2, 0.25) is 11.8 Å². The molecule has 0 saturated carbocycles. The zero-order chi connectivity index (χ0) is 37.9. The van der Waals surface area contributed by atoms with Crippen LogP contribution in [0.5, 0.6) is 11.5 Å². The third-order valence-corrected chi connectivity index (χ3v) is 8.14. The normalized spacial score (nSPS) is 11.3. The van der Waals surface area contributed by atoms with Crippen molar-refractivity contribution in [3.05, 3.63) is 138 Å². The molecule has 0 saturated heterocycles. The van der Waals surface area contributed by atoms with Crippen LogP contribution in [-0.4, -0.2) is 29.1 Å². The number of carbonyl (C=O) groups excluding carboxylic acids is 2. The fraction of sp³-hybridized carbons (Fsp3) is 0.244. The van der Waals surface area contributed by atoms with Crippen molar-refractivity contribution in [3.8, 4) is 11.5 Å². The van der Waals surface area contributed by atoms with E-state index in [0.29, 0.717) is 36.8 Å². The molecule has 2 amide bonds. The Kier molecular flexibility index (Phi) is 13.2. The molecule has 0 aromatic heterocycles. The molecule has 5 aromatic rings. The van der Waals surface area contributed by atoms with E-state index < -0.39 is 12.1 Å². The highest BCUT2D eigenvalue weighted by molar-refractivity contribution is 5.96. The van der Waals surface area contributed by atoms with Crippen molar-refractivity contribution in [1.29, 1.82) is 0 Å². The fourth-order valence-electron chi connectivity index (χ4n) is 5.31. The van der Waals surface area contributed by atoms with E-state index in [2.05, 4.69) is 68.6 Å². The first-order valence-corrected chi connectivity index (χ1v) is 16.6. The zero-order valence-electron chi connectivity index (χ0n) is 29.2. The Balaban J connectivity index is 0.000000785. The van der Waals surface area contributed by atoms with Crippen molar-refractivity contribution < 1.29 is 37.4 Å². The summed E-state index contributed by atoms with van der Waals surface area (Å²) in [7, 11) is 0. The van der Waals surface area contributed by atoms with Gasteiger partial charge < -0.3 is 25.8 Å². The van der Waals surface area contributed by atoms with Gasteiger partial charge in [0.15, 0.2) is 5.75 Å². The van der Waals surface area contributed by atoms with E-state index in [4.69, 9.17) is 20.4 Å². The molecule has 0 radical (unpaired) electrons. The molecule has 5 rings (SSSR count). The van der Waals surface area contributed by atoms with Gasteiger partial charge in [0.05, 0.1) is 12.2 Å². The van der Waals surface area contributed by atoms with Crippen molar-refractivity contribution in [2.75, 3.05) is 4.90 Å². The molecule has 0 fully saturated rings. The summed E-state index contributed by atoms with van der Waals surface area (Å²) in [6.45, 7) is 7.67. The van der Waals surface area contributed by atoms with Gasteiger partial charge in [-0.1, -0.05) is 112 Å². The van der Waals surface area contributed by atoms with Gasteiger partial charge >= 0.3 is 12.1 Å². The number of alkyl halides is 3. The number of benzene rings is 5. The number of rotatable bonds is 11. The molecule has 0 aliphatic heterocycles. The third kappa shape index (κ3) is 11.2. The lowest BCUT2D eigenvalue weighted by molar-refractivity contribution is -0.192. The smallest absolute Gasteiger partial charge is 0.475 e. The number of hydrogen-bond acceptors (Lipinski definition) is 5. The van der Waals surface area contributed by atoms with Gasteiger partial charge in [-0.2, -0.15) is 13.2 Å². The third-order valence-electron chi connectivity index (χ3n) is 8.14. The van der Waals surface area contributed by atoms with E-state index in [-0.39, 0.29) is 30.1 Å². The molecule has 5 aromatic carbocycles. The minimum absolute atomic E-state index is 0.0198. The highest BCUT2D eigenvalue weighted by Crippen LogP contribution is 2.34. The standard InChI is InChI=1S/C39H41N3O3.C2HF3O2/c1-39(2,3)32-20-18-28(19-21-32)27-42(35-16-6-7-17-36(35)45-33-14-8-10-29(24-33)25-40)38(44)23-22-37(43)41-26-31-13-9-12-30-11-4-5-15-34(30)31;3-2(4,5)1(6)7/h4-21,24H,22-23,25-27,40H2,1-3H3,(H,41,43);(H,6,7). The lowest BCUT2D eigenvalue weighted by Crippen LogP contribution is -2.32. The molecular weight excluding hydrogens is 671 g/mol. The maximum absolute atomic E-state index is 13.9. The van der Waals surface area contributed by atoms with Crippen LogP contribution in [0.3, 0.4) is 0 Å². The molecule has 0 atom stereocenters. The minimum Gasteiger partial charge on any atom is -0.475 e. The number of aliphatic carboxylic acids is 1. The number of amides is 2. The highest BCUT2D eigenvalue weighted by atomic mass is 19.4. The molecule has 0 aliphatic rings. The first-order chi connectivity index (χ1) is 24.7. The van der Waals surface area contributed by atoms with Gasteiger partial charge in [-0.05, 0) is 62.7 Å². The quantitative estimate of drug-likeness (QED) is 0.126. The monoisotopic (exact) mass is 713 g/mol. The Morgan fingerprint density at radius 2 is 1.42 bits per heavy atom. The first-order valence-electron chi connectivity index (χ1n) is 16.6. The maximum Gasteiger partial charge on any atom is 0.490 e. The second-order valence-electron chi connectivity index (χ2n) is 13.1. The number of hydrogen-bond donors (Lipinski definition) is 3. The van der Waals surface area contributed by atoms with Crippen LogP contribution in [-0.2, 0) is 39.4 Å². The van der Waals surface area contributed by atoms with Crippen LogP contribution in [0, 0.1) is 0 Å². The number of anilines is 1. The van der Waals surface area contributed by atoms with Crippen molar-refractivity contribution in [2.24, 2.45) is 5.73 Å². The molecule has 52 heavy (non-hydrogen) atoms. The summed E-state index contributed by atoms with van der Waals surface area (Å²) in [5.41, 5.74) is 10.7. The number of carboxylic acid groups (broad SMARTS) is 1. The van der Waals surface area contributed by atoms with Crippen molar-refractivity contribution in [2.45, 2.75) is 64.8 Å². The topological polar surface area (TPSA) is 122 Å². The first kappa shape index (κ1) is 39.1. The minimum atomic E-state index is -5.08. The second-order valence-corrected chi connectivity index (χ2v) is 13.1. The molecule has 8 nitrogen and oxygen atoms in total. The number of nitrogens with two attached hydrogens (primary N) is 1. The molecule has 11 heteroatoms. The van der Waals surface area contributed by atoms with Gasteiger partial charge in [0, 0.05) is 25.9 Å². The summed E-state index contributed by atoms with van der Waals surface area (Å²) in [6.07, 6.45) is -4.96. The van der Waals surface area contributed by atoms with Gasteiger partial charge in [0.25, 0.3) is 0 Å². The van der Waals surface area contributed by atoms with E-state index in [0.717, 1.165) is 27.5 Å². The SMILES string of the molecule is CC(C)(C)c1ccc(CN(C(=O)CCC(=O)NCc2cccc3ccccc23)c2ccccc2Oc2cccc(CN)c2)cc1.O=C(O)C(F)(F)F. The van der Waals surface area contributed by atoms with Crippen molar-refractivity contribution in [3.63, 3.8) is 0 Å². The Bertz CT molecular complexity index is 1980. The Labute approximate surface area is 301 Å². The van der Waals surface area contributed by atoms with E-state index in [1.165, 1.54) is 5.56 Å². The maximum atomic E-state index is 13.9. The fourth-order valence-corrected chi connectivity index (χ4v) is 5.31. The van der Waals surface area contributed by atoms with Crippen LogP contribution in [0.15, 0.2) is 115 Å². The van der Waals surface area contributed by atoms with Gasteiger partial charge in [-0.3, -0.25) is 9.59 Å². The summed E-state index contributed by atoms with van der Waals surface area (Å²) in [5, 5.41) is 12.4. The molecule has 0 heterocycles. The van der Waals surface area contributed by atoms with Crippen LogP contribution in [0.25, 0.3) is 10.8 Å². The summed E-state index contributed by atoms with van der Waals surface area (Å²) in [5.74, 6) is -1.91. The predicted octanol–water partition coefficient (Wildman–Crippen LogP) is 8.65. The molecule has 0 aliphatic carbocycles. The second kappa shape index (κ2) is 17.5. The molecule has 0 bridgehead atoms. The van der Waals surface area contributed by atoms with Crippen LogP contribution in [0.4, 0.5) is 18.9 Å². The van der Waals surface area contributed by atoms with Crippen molar-refractivity contribution >= 4 is 34.2 Å². The van der Waals surface area contributed by atoms with Crippen LogP contribution in [0.1, 0.15) is 55.9 Å². The molecule has 0 spiro atoms. The Morgan fingerprint density at radius 3 is 2.10 bits per heavy atom. The van der Waals surface area contributed by atoms with Crippen LogP contribution < -0.4 is 20.7 Å². The van der Waals surface area contributed by atoms with Gasteiger partial charge in [0.1, 0.15) is 5.75 Å². The number of carboxylic acids is 1. The van der Waals surface area contributed by atoms with E-state index in [9.17, 15) is 22.8 Å². The van der Waals surface area contributed by atoms with Crippen LogP contribution >= 0.6 is 0 Å². The van der Waals surface area contributed by atoms with Gasteiger partial charge in [-0.25, -0.2) is 4.79 Å². The Morgan fingerprint density at radius 1 is 0.788 bits per heavy atom. The predicted molar refractivity (Wildman–Crippen MR) is 196 cm³/mol. The van der Waals surface area contributed by atoms with E-state index in [1.54, 1.807) is 4.90 Å². The summed E-state index contributed by atoms with van der Waals surface area (Å²) >= 11 is 0. The highest BCUT2D eigenvalue weighted by Gasteiger charge is 2.38. The van der Waals surface area contributed by atoms with Crippen molar-refractivity contribution in [1.82, 2.24) is 5.32 Å². The number of ether oxygens (including phenoxy) is 1. The molecule has 0 unspecified atom stereocenters. The molecular formula is C41H42F3N3O5. The Hall–Kier alpha value is -5.68. The molecule has 272 valence electrons. The van der Waals surface area contributed by atoms with E-state index >= 15 is 0 Å². The van der Waals surface area contributed by atoms with Gasteiger partial charge in [-0.15, -0.1) is 0 Å². The summed E-state index contributed by atoms with van der Waals surface area (Å²) in [4.78, 5) is 37.5. The van der Waals surface area contributed by atoms with Crippen LogP contribution in [0.2, 0.25) is 0 Å². The number of halogens is 3. The number of nitrogens with one attached hydrogen (secondary N) is 1. The number of carbonyl (C=O) groups is 3. The average Bonchev–Trinajstić information content (AvgIpc) is 3.12. The lowest BCUT2D eigenvalue weighted by atomic mass is 9.87. The average molecular weight is 714 g/mol. The number of fused-ring (bicyclic) bond motifs is 1. The molecule has 4 N–H and O–H groups in total. The number of nitrogens with zero attached hydrogens (tertiary/aromatic N) is 1. The number of para-hydroxylation sites is 2. The largest absolute Gasteiger partial charge is 0.490 e. The van der Waals surface area contributed by atoms with E-state index in [1.807, 2.05) is 72.8 Å². The summed E-state index contributed by atoms with van der Waals surface area (Å²) < 4.78 is 38.0. The zero-order valence-corrected chi connectivity index (χ0v) is 29.2. The lowest BCUT2D eigenvalue weighted by Gasteiger charge is -2.26. The summed E-state index contributed by atoms with van der Waals surface area (Å²) in [6, 6.07) is 37.6.